The number of hydrogen-bond acceptors (Lipinski definition) is 9. The number of non-ortho nitro benzene ring substituents is 1. The van der Waals surface area contributed by atoms with Gasteiger partial charge in [0.1, 0.15) is 12.4 Å². The lowest BCUT2D eigenvalue weighted by Crippen LogP contribution is -2.27. The van der Waals surface area contributed by atoms with Crippen LogP contribution < -0.4 is 4.74 Å². The van der Waals surface area contributed by atoms with E-state index in [4.69, 9.17) is 9.84 Å². The van der Waals surface area contributed by atoms with Gasteiger partial charge in [0.25, 0.3) is 11.4 Å². The van der Waals surface area contributed by atoms with Gasteiger partial charge in [0.15, 0.2) is 0 Å². The number of ether oxygens (including phenoxy) is 1. The van der Waals surface area contributed by atoms with Crippen LogP contribution in [-0.2, 0) is 0 Å². The summed E-state index contributed by atoms with van der Waals surface area (Å²) in [7, 11) is 0. The first-order chi connectivity index (χ1) is 22.8. The minimum atomic E-state index is -4.52. The molecular weight excluding hydrogens is 637 g/mol. The third-order valence-corrected chi connectivity index (χ3v) is 7.03. The molecule has 0 atom stereocenters. The molecule has 4 aromatic carbocycles. The lowest BCUT2D eigenvalue weighted by Gasteiger charge is -2.20. The Morgan fingerprint density at radius 1 is 0.729 bits per heavy atom. The molecule has 0 saturated carbocycles. The number of halogens is 3. The molecule has 0 bridgehead atoms. The van der Waals surface area contributed by atoms with E-state index in [0.29, 0.717) is 35.6 Å². The predicted molar refractivity (Wildman–Crippen MR) is 173 cm³/mol. The van der Waals surface area contributed by atoms with Crippen LogP contribution in [0.2, 0.25) is 0 Å². The van der Waals surface area contributed by atoms with E-state index in [-0.39, 0.29) is 11.1 Å². The number of phenolic OH excluding ortho intramolecular Hbond substituents is 1. The maximum absolute atomic E-state index is 14.3. The molecule has 4 rings (SSSR count). The molecule has 0 aliphatic carbocycles. The summed E-state index contributed by atoms with van der Waals surface area (Å²) in [4.78, 5) is 30.0. The fourth-order valence-corrected chi connectivity index (χ4v) is 4.64. The van der Waals surface area contributed by atoms with Gasteiger partial charge < -0.3 is 14.7 Å². The molecule has 0 aromatic heterocycles. The third-order valence-electron chi connectivity index (χ3n) is 7.03. The summed E-state index contributed by atoms with van der Waals surface area (Å²) in [5, 5.41) is 40.2. The minimum absolute atomic E-state index is 0.137. The molecule has 0 fully saturated rings. The molecule has 252 valence electrons. The van der Waals surface area contributed by atoms with Gasteiger partial charge in [0, 0.05) is 12.1 Å². The van der Waals surface area contributed by atoms with Crippen molar-refractivity contribution in [2.75, 3.05) is 26.2 Å². The number of likely N-dealkylation sites (N-methyl/N-ethyl adjacent to an activating group) is 1. The predicted octanol–water partition coefficient (Wildman–Crippen LogP) is 8.05. The molecule has 0 saturated heterocycles. The van der Waals surface area contributed by atoms with Crippen molar-refractivity contribution in [3.05, 3.63) is 144 Å². The van der Waals surface area contributed by atoms with Crippen molar-refractivity contribution < 1.29 is 37.8 Å². The summed E-state index contributed by atoms with van der Waals surface area (Å²) in [6, 6.07) is 24.4. The Labute approximate surface area is 272 Å². The summed E-state index contributed by atoms with van der Waals surface area (Å²) in [6.45, 7) is 7.42. The Morgan fingerprint density at radius 2 is 1.19 bits per heavy atom. The summed E-state index contributed by atoms with van der Waals surface area (Å²) in [5.41, 5.74) is -2.36. The van der Waals surface area contributed by atoms with Gasteiger partial charge in [-0.3, -0.25) is 30.3 Å². The number of phenols is 1. The highest BCUT2D eigenvalue weighted by Crippen LogP contribution is 2.43. The lowest BCUT2D eigenvalue weighted by atomic mass is 9.89. The first kappa shape index (κ1) is 36.6. The van der Waals surface area contributed by atoms with Gasteiger partial charge in [-0.2, -0.15) is 13.2 Å². The van der Waals surface area contributed by atoms with Crippen LogP contribution in [0.5, 0.6) is 11.5 Å². The van der Waals surface area contributed by atoms with Crippen LogP contribution in [0.3, 0.4) is 0 Å². The first-order valence-corrected chi connectivity index (χ1v) is 14.5. The topological polar surface area (TPSA) is 162 Å². The first-order valence-electron chi connectivity index (χ1n) is 14.5. The fourth-order valence-electron chi connectivity index (χ4n) is 4.64. The van der Waals surface area contributed by atoms with Crippen molar-refractivity contribution in [3.63, 3.8) is 0 Å². The summed E-state index contributed by atoms with van der Waals surface area (Å²) < 4.78 is 48.8. The number of nitro benzene ring substituents is 3. The lowest BCUT2D eigenvalue weighted by molar-refractivity contribution is -0.404. The van der Waals surface area contributed by atoms with Crippen LogP contribution in [0.15, 0.2) is 97.1 Å². The number of nitrogens with zero attached hydrogens (tertiary/aromatic N) is 4. The van der Waals surface area contributed by atoms with Gasteiger partial charge in [-0.1, -0.05) is 86.6 Å². The van der Waals surface area contributed by atoms with Crippen molar-refractivity contribution >= 4 is 28.2 Å². The molecule has 0 amide bonds. The van der Waals surface area contributed by atoms with Crippen LogP contribution in [0, 0.1) is 30.3 Å². The van der Waals surface area contributed by atoms with E-state index in [1.807, 2.05) is 0 Å². The second-order valence-corrected chi connectivity index (χ2v) is 9.98. The molecule has 0 spiro atoms. The average Bonchev–Trinajstić information content (AvgIpc) is 3.06. The summed E-state index contributed by atoms with van der Waals surface area (Å²) >= 11 is 0. The summed E-state index contributed by atoms with van der Waals surface area (Å²) in [6.07, 6.45) is -4.52. The van der Waals surface area contributed by atoms with Crippen LogP contribution in [0.1, 0.15) is 30.5 Å². The zero-order valence-electron chi connectivity index (χ0n) is 25.8. The molecule has 4 aromatic rings. The molecule has 0 aliphatic rings. The van der Waals surface area contributed by atoms with E-state index in [1.54, 1.807) is 72.8 Å². The molecule has 12 nitrogen and oxygen atoms in total. The van der Waals surface area contributed by atoms with Gasteiger partial charge >= 0.3 is 17.6 Å². The van der Waals surface area contributed by atoms with Crippen molar-refractivity contribution in [1.29, 1.82) is 0 Å². The van der Waals surface area contributed by atoms with Crippen molar-refractivity contribution in [2.45, 2.75) is 20.0 Å². The average molecular weight is 669 g/mol. The standard InChI is InChI=1S/C27H28F3NO.C6H3N3O7/c1-3-31(4-2)19-20-32-24-17-15-22(16-18-24)25(21-11-7-5-8-12-21)26(27(28,29)30)23-13-9-6-10-14-23;10-6-4(8(13)14)1-3(7(11)12)2-5(6)9(15)16/h5-18H,3-4,19-20H2,1-2H3;1-2,10H. The Bertz CT molecular complexity index is 1710. The number of aromatic hydroxyl groups is 1. The highest BCUT2D eigenvalue weighted by Gasteiger charge is 2.38. The molecule has 1 N–H and O–H groups in total. The van der Waals surface area contributed by atoms with E-state index < -0.39 is 49.3 Å². The number of allylic oxidation sites excluding steroid dienone is 1. The van der Waals surface area contributed by atoms with E-state index in [9.17, 15) is 43.5 Å². The van der Waals surface area contributed by atoms with E-state index in [0.717, 1.165) is 19.6 Å². The molecule has 0 unspecified atom stereocenters. The number of nitro groups is 3. The Hall–Kier alpha value is -5.83. The van der Waals surface area contributed by atoms with E-state index in [2.05, 4.69) is 18.7 Å². The van der Waals surface area contributed by atoms with Gasteiger partial charge in [-0.15, -0.1) is 0 Å². The van der Waals surface area contributed by atoms with E-state index >= 15 is 0 Å². The molecule has 48 heavy (non-hydrogen) atoms. The normalized spacial score (nSPS) is 11.6. The Balaban J connectivity index is 0.000000328. The second-order valence-electron chi connectivity index (χ2n) is 9.98. The molecule has 0 radical (unpaired) electrons. The molecule has 15 heteroatoms. The quantitative estimate of drug-likeness (QED) is 0.0894. The Morgan fingerprint density at radius 3 is 1.60 bits per heavy atom. The second kappa shape index (κ2) is 16.6. The largest absolute Gasteiger partial charge is 0.497 e. The number of alkyl halides is 3. The smallest absolute Gasteiger partial charge is 0.417 e. The van der Waals surface area contributed by atoms with Crippen molar-refractivity contribution in [2.24, 2.45) is 0 Å². The number of benzene rings is 4. The minimum Gasteiger partial charge on any atom is -0.497 e. The van der Waals surface area contributed by atoms with Crippen LogP contribution in [0.4, 0.5) is 30.2 Å². The molecule has 0 aliphatic heterocycles. The zero-order valence-corrected chi connectivity index (χ0v) is 25.8. The van der Waals surface area contributed by atoms with Crippen molar-refractivity contribution in [1.82, 2.24) is 4.90 Å². The highest BCUT2D eigenvalue weighted by molar-refractivity contribution is 6.00. The number of hydrogen-bond donors (Lipinski definition) is 1. The zero-order chi connectivity index (χ0) is 35.4. The van der Waals surface area contributed by atoms with Gasteiger partial charge in [0.2, 0.25) is 0 Å². The third kappa shape index (κ3) is 9.59. The Kier molecular flexibility index (Phi) is 12.7. The number of rotatable bonds is 12. The SMILES string of the molecule is CCN(CC)CCOc1ccc(C(=C(c2ccccc2)C(F)(F)F)c2ccccc2)cc1.O=[N+]([O-])c1cc([N+](=O)[O-])c(O)c([N+](=O)[O-])c1. The van der Waals surface area contributed by atoms with Crippen molar-refractivity contribution in [3.8, 4) is 11.5 Å². The maximum Gasteiger partial charge on any atom is 0.417 e. The van der Waals surface area contributed by atoms with Crippen LogP contribution in [-0.4, -0.2) is 57.2 Å². The summed E-state index contributed by atoms with van der Waals surface area (Å²) in [5.74, 6) is -0.567. The molecular formula is C33H31F3N4O8. The van der Waals surface area contributed by atoms with E-state index in [1.165, 1.54) is 12.1 Å². The molecule has 0 heterocycles. The fraction of sp³-hybridized carbons (Fsp3) is 0.212. The highest BCUT2D eigenvalue weighted by atomic mass is 19.4. The van der Waals surface area contributed by atoms with Gasteiger partial charge in [-0.05, 0) is 41.9 Å². The van der Waals surface area contributed by atoms with Gasteiger partial charge in [0.05, 0.1) is 32.5 Å². The van der Waals surface area contributed by atoms with Crippen LogP contribution in [0.25, 0.3) is 11.1 Å². The monoisotopic (exact) mass is 668 g/mol. The van der Waals surface area contributed by atoms with Crippen LogP contribution >= 0.6 is 0 Å². The van der Waals surface area contributed by atoms with Gasteiger partial charge in [-0.25, -0.2) is 0 Å². The maximum atomic E-state index is 14.3.